The molecule has 0 aromatic carbocycles. The fourth-order valence-electron chi connectivity index (χ4n) is 1.13. The molecule has 15 heavy (non-hydrogen) atoms. The van der Waals surface area contributed by atoms with Gasteiger partial charge in [-0.1, -0.05) is 18.9 Å². The van der Waals surface area contributed by atoms with E-state index in [1.165, 1.54) is 12.8 Å². The second-order valence-electron chi connectivity index (χ2n) is 4.88. The number of allylic oxidation sites excluding steroid dienone is 1. The van der Waals surface area contributed by atoms with Crippen LogP contribution < -0.4 is 0 Å². The lowest BCUT2D eigenvalue weighted by Gasteiger charge is -2.16. The van der Waals surface area contributed by atoms with Crippen LogP contribution in [0.3, 0.4) is 0 Å². The van der Waals surface area contributed by atoms with Crippen LogP contribution in [0.5, 0.6) is 0 Å². The first-order chi connectivity index (χ1) is 6.98. The van der Waals surface area contributed by atoms with Gasteiger partial charge in [-0.15, -0.1) is 6.58 Å². The van der Waals surface area contributed by atoms with E-state index < -0.39 is 0 Å². The summed E-state index contributed by atoms with van der Waals surface area (Å²) in [7, 11) is 0. The Balaban J connectivity index is 3.32. The van der Waals surface area contributed by atoms with Crippen LogP contribution in [0.25, 0.3) is 0 Å². The molecule has 88 valence electrons. The predicted octanol–water partition coefficient (Wildman–Crippen LogP) is 3.71. The fraction of sp³-hybridized carbons (Fsp3) is 0.769. The van der Waals surface area contributed by atoms with Gasteiger partial charge < -0.3 is 4.74 Å². The van der Waals surface area contributed by atoms with Gasteiger partial charge in [0.25, 0.3) is 0 Å². The van der Waals surface area contributed by atoms with E-state index in [0.29, 0.717) is 6.61 Å². The van der Waals surface area contributed by atoms with E-state index in [4.69, 9.17) is 4.74 Å². The summed E-state index contributed by atoms with van der Waals surface area (Å²) in [6.45, 7) is 9.86. The summed E-state index contributed by atoms with van der Waals surface area (Å²) >= 11 is 0. The van der Waals surface area contributed by atoms with E-state index in [-0.39, 0.29) is 11.4 Å². The van der Waals surface area contributed by atoms with Crippen molar-refractivity contribution in [3.8, 4) is 0 Å². The van der Waals surface area contributed by atoms with E-state index in [1.54, 1.807) is 0 Å². The molecule has 0 fully saturated rings. The Labute approximate surface area is 93.7 Å². The third kappa shape index (κ3) is 8.22. The highest BCUT2D eigenvalue weighted by atomic mass is 16.5. The van der Waals surface area contributed by atoms with Crippen LogP contribution in [0, 0.1) is 5.41 Å². The average Bonchev–Trinajstić information content (AvgIpc) is 2.14. The standard InChI is InChI=1S/C13H24O2/c1-5-6-7-8-9-10-11-15-12(14)13(2,3)4/h5H,1,6-11H2,2-4H3. The highest BCUT2D eigenvalue weighted by Gasteiger charge is 2.22. The number of carbonyl (C=O) groups is 1. The average molecular weight is 212 g/mol. The monoisotopic (exact) mass is 212 g/mol. The zero-order valence-electron chi connectivity index (χ0n) is 10.3. The number of rotatable bonds is 7. The van der Waals surface area contributed by atoms with E-state index in [1.807, 2.05) is 26.8 Å². The van der Waals surface area contributed by atoms with Crippen LogP contribution >= 0.6 is 0 Å². The van der Waals surface area contributed by atoms with Gasteiger partial charge >= 0.3 is 5.97 Å². The molecule has 0 aliphatic rings. The van der Waals surface area contributed by atoms with Crippen LogP contribution in [0.15, 0.2) is 12.7 Å². The smallest absolute Gasteiger partial charge is 0.311 e. The number of carbonyl (C=O) groups excluding carboxylic acids is 1. The van der Waals surface area contributed by atoms with Gasteiger partial charge in [-0.2, -0.15) is 0 Å². The maximum absolute atomic E-state index is 11.4. The molecule has 0 N–H and O–H groups in total. The van der Waals surface area contributed by atoms with E-state index in [9.17, 15) is 4.79 Å². The minimum atomic E-state index is -0.372. The number of hydrogen-bond acceptors (Lipinski definition) is 2. The van der Waals surface area contributed by atoms with Crippen molar-refractivity contribution in [2.24, 2.45) is 5.41 Å². The Morgan fingerprint density at radius 1 is 1.20 bits per heavy atom. The maximum atomic E-state index is 11.4. The van der Waals surface area contributed by atoms with Gasteiger partial charge in [-0.3, -0.25) is 4.79 Å². The minimum Gasteiger partial charge on any atom is -0.465 e. The molecule has 0 radical (unpaired) electrons. The van der Waals surface area contributed by atoms with E-state index in [2.05, 4.69) is 6.58 Å². The largest absolute Gasteiger partial charge is 0.465 e. The van der Waals surface area contributed by atoms with Crippen molar-refractivity contribution >= 4 is 5.97 Å². The quantitative estimate of drug-likeness (QED) is 0.365. The summed E-state index contributed by atoms with van der Waals surface area (Å²) in [5.74, 6) is -0.103. The summed E-state index contributed by atoms with van der Waals surface area (Å²) < 4.78 is 5.15. The molecule has 0 heterocycles. The van der Waals surface area contributed by atoms with Crippen LogP contribution in [0.4, 0.5) is 0 Å². The second kappa shape index (κ2) is 7.49. The number of ether oxygens (including phenoxy) is 1. The van der Waals surface area contributed by atoms with Crippen molar-refractivity contribution in [2.75, 3.05) is 6.61 Å². The molecular formula is C13H24O2. The third-order valence-electron chi connectivity index (χ3n) is 2.15. The van der Waals surface area contributed by atoms with Gasteiger partial charge in [0.05, 0.1) is 12.0 Å². The fourth-order valence-corrected chi connectivity index (χ4v) is 1.13. The van der Waals surface area contributed by atoms with Crippen LogP contribution in [-0.4, -0.2) is 12.6 Å². The predicted molar refractivity (Wildman–Crippen MR) is 63.7 cm³/mol. The van der Waals surface area contributed by atoms with E-state index >= 15 is 0 Å². The lowest BCUT2D eigenvalue weighted by Crippen LogP contribution is -2.23. The summed E-state index contributed by atoms with van der Waals surface area (Å²) in [4.78, 5) is 11.4. The topological polar surface area (TPSA) is 26.3 Å². The second-order valence-corrected chi connectivity index (χ2v) is 4.88. The molecule has 0 saturated carbocycles. The molecule has 0 amide bonds. The summed E-state index contributed by atoms with van der Waals surface area (Å²) in [6.07, 6.45) is 7.52. The first-order valence-corrected chi connectivity index (χ1v) is 5.76. The highest BCUT2D eigenvalue weighted by molar-refractivity contribution is 5.75. The van der Waals surface area contributed by atoms with Crippen molar-refractivity contribution in [1.29, 1.82) is 0 Å². The molecule has 0 aliphatic heterocycles. The molecule has 0 atom stereocenters. The SMILES string of the molecule is C=CCCCCCCOC(=O)C(C)(C)C. The molecule has 0 unspecified atom stereocenters. The first kappa shape index (κ1) is 14.2. The van der Waals surface area contributed by atoms with Crippen molar-refractivity contribution < 1.29 is 9.53 Å². The number of unbranched alkanes of at least 4 members (excludes halogenated alkanes) is 4. The van der Waals surface area contributed by atoms with Crippen LogP contribution in [0.2, 0.25) is 0 Å². The van der Waals surface area contributed by atoms with Crippen molar-refractivity contribution in [3.63, 3.8) is 0 Å². The van der Waals surface area contributed by atoms with Gasteiger partial charge in [-0.25, -0.2) is 0 Å². The first-order valence-electron chi connectivity index (χ1n) is 5.76. The molecule has 0 rings (SSSR count). The Morgan fingerprint density at radius 3 is 2.33 bits per heavy atom. The highest BCUT2D eigenvalue weighted by Crippen LogP contribution is 2.15. The van der Waals surface area contributed by atoms with Gasteiger partial charge in [0.1, 0.15) is 0 Å². The third-order valence-corrected chi connectivity index (χ3v) is 2.15. The van der Waals surface area contributed by atoms with Crippen molar-refractivity contribution in [3.05, 3.63) is 12.7 Å². The van der Waals surface area contributed by atoms with Gasteiger partial charge in [-0.05, 0) is 40.0 Å². The molecule has 0 bridgehead atoms. The summed E-state index contributed by atoms with van der Waals surface area (Å²) in [5, 5.41) is 0. The zero-order valence-corrected chi connectivity index (χ0v) is 10.3. The lowest BCUT2D eigenvalue weighted by atomic mass is 9.97. The number of hydrogen-bond donors (Lipinski definition) is 0. The van der Waals surface area contributed by atoms with Crippen LogP contribution in [0.1, 0.15) is 52.9 Å². The van der Waals surface area contributed by atoms with Gasteiger partial charge in [0, 0.05) is 0 Å². The number of esters is 1. The zero-order chi connectivity index (χ0) is 11.7. The van der Waals surface area contributed by atoms with Gasteiger partial charge in [0.2, 0.25) is 0 Å². The Bertz CT molecular complexity index is 189. The van der Waals surface area contributed by atoms with Crippen LogP contribution in [-0.2, 0) is 9.53 Å². The molecule has 0 saturated heterocycles. The summed E-state index contributed by atoms with van der Waals surface area (Å²) in [5.41, 5.74) is -0.372. The lowest BCUT2D eigenvalue weighted by molar-refractivity contribution is -0.153. The molecule has 0 aliphatic carbocycles. The molecule has 2 nitrogen and oxygen atoms in total. The summed E-state index contributed by atoms with van der Waals surface area (Å²) in [6, 6.07) is 0. The van der Waals surface area contributed by atoms with Gasteiger partial charge in [0.15, 0.2) is 0 Å². The Hall–Kier alpha value is -0.790. The molecule has 0 aromatic heterocycles. The van der Waals surface area contributed by atoms with Crippen molar-refractivity contribution in [1.82, 2.24) is 0 Å². The molecule has 0 spiro atoms. The van der Waals surface area contributed by atoms with Crippen molar-refractivity contribution in [2.45, 2.75) is 52.9 Å². The normalized spacial score (nSPS) is 11.1. The Morgan fingerprint density at radius 2 is 1.80 bits per heavy atom. The minimum absolute atomic E-state index is 0.103. The Kier molecular flexibility index (Phi) is 7.10. The maximum Gasteiger partial charge on any atom is 0.311 e. The molecule has 2 heteroatoms. The molecule has 0 aromatic rings. The molecular weight excluding hydrogens is 188 g/mol. The van der Waals surface area contributed by atoms with E-state index in [0.717, 1.165) is 19.3 Å².